The summed E-state index contributed by atoms with van der Waals surface area (Å²) >= 11 is 1.01. The largest absolute Gasteiger partial charge is 0.497 e. The highest BCUT2D eigenvalue weighted by atomic mass is 32.1. The number of benzene rings is 2. The van der Waals surface area contributed by atoms with Crippen molar-refractivity contribution in [2.45, 2.75) is 18.9 Å². The van der Waals surface area contributed by atoms with Gasteiger partial charge in [0, 0.05) is 18.4 Å². The Morgan fingerprint density at radius 1 is 1.00 bits per heavy atom. The molecule has 0 unspecified atom stereocenters. The number of hydrogen-bond acceptors (Lipinski definition) is 8. The fourth-order valence-corrected chi connectivity index (χ4v) is 5.14. The molecule has 0 radical (unpaired) electrons. The molecule has 0 fully saturated rings. The molecular formula is C24H24N2O7S. The third-order valence-electron chi connectivity index (χ3n) is 5.69. The van der Waals surface area contributed by atoms with Crippen LogP contribution in [0.15, 0.2) is 47.3 Å². The second-order valence-electron chi connectivity index (χ2n) is 7.52. The van der Waals surface area contributed by atoms with E-state index in [1.54, 1.807) is 43.5 Å². The highest BCUT2D eigenvalue weighted by Gasteiger charge is 2.38. The molecule has 3 aromatic rings. The van der Waals surface area contributed by atoms with Gasteiger partial charge in [0.05, 0.1) is 39.0 Å². The maximum atomic E-state index is 13.5. The van der Waals surface area contributed by atoms with E-state index in [-0.39, 0.29) is 23.7 Å². The number of esters is 1. The van der Waals surface area contributed by atoms with Crippen molar-refractivity contribution >= 4 is 34.7 Å². The number of ether oxygens (including phenoxy) is 4. The number of carbonyl (C=O) groups excluding carboxylic acids is 2. The average molecular weight is 485 g/mol. The van der Waals surface area contributed by atoms with Gasteiger partial charge in [-0.05, 0) is 29.8 Å². The van der Waals surface area contributed by atoms with E-state index in [1.807, 2.05) is 6.07 Å². The van der Waals surface area contributed by atoms with Crippen LogP contribution >= 0.6 is 11.3 Å². The molecule has 1 aliphatic rings. The number of aromatic nitrogens is 1. The molecule has 0 aliphatic carbocycles. The van der Waals surface area contributed by atoms with E-state index < -0.39 is 11.9 Å². The molecule has 34 heavy (non-hydrogen) atoms. The summed E-state index contributed by atoms with van der Waals surface area (Å²) in [5, 5.41) is 0. The van der Waals surface area contributed by atoms with Crippen LogP contribution in [0.4, 0.5) is 11.5 Å². The lowest BCUT2D eigenvalue weighted by atomic mass is 9.90. The molecule has 0 saturated heterocycles. The number of carbonyl (C=O) groups is 2. The summed E-state index contributed by atoms with van der Waals surface area (Å²) in [6.45, 7) is -0.312. The average Bonchev–Trinajstić information content (AvgIpc) is 3.18. The zero-order chi connectivity index (χ0) is 24.4. The molecule has 1 aromatic heterocycles. The van der Waals surface area contributed by atoms with Crippen LogP contribution < -0.4 is 24.0 Å². The minimum atomic E-state index is -0.589. The summed E-state index contributed by atoms with van der Waals surface area (Å²) in [5.41, 5.74) is 1.33. The molecule has 10 heteroatoms. The predicted octanol–water partition coefficient (Wildman–Crippen LogP) is 3.31. The lowest BCUT2D eigenvalue weighted by Crippen LogP contribution is -2.36. The second-order valence-corrected chi connectivity index (χ2v) is 8.51. The van der Waals surface area contributed by atoms with Crippen molar-refractivity contribution in [3.63, 3.8) is 0 Å². The number of amides is 1. The zero-order valence-corrected chi connectivity index (χ0v) is 20.0. The van der Waals surface area contributed by atoms with E-state index in [1.165, 1.54) is 30.8 Å². The molecule has 2 aromatic carbocycles. The van der Waals surface area contributed by atoms with Gasteiger partial charge in [0.15, 0.2) is 11.5 Å². The molecule has 0 saturated carbocycles. The van der Waals surface area contributed by atoms with Crippen molar-refractivity contribution in [2.75, 3.05) is 33.3 Å². The maximum absolute atomic E-state index is 13.5. The first-order valence-corrected chi connectivity index (χ1v) is 11.2. The van der Waals surface area contributed by atoms with E-state index >= 15 is 0 Å². The third kappa shape index (κ3) is 4.12. The molecule has 0 N–H and O–H groups in total. The van der Waals surface area contributed by atoms with Gasteiger partial charge >= 0.3 is 10.8 Å². The predicted molar refractivity (Wildman–Crippen MR) is 127 cm³/mol. The Morgan fingerprint density at radius 3 is 2.44 bits per heavy atom. The monoisotopic (exact) mass is 484 g/mol. The van der Waals surface area contributed by atoms with Crippen molar-refractivity contribution in [1.82, 2.24) is 4.57 Å². The van der Waals surface area contributed by atoms with Gasteiger partial charge in [-0.1, -0.05) is 23.5 Å². The van der Waals surface area contributed by atoms with E-state index in [0.29, 0.717) is 33.6 Å². The SMILES string of the molecule is COC(=O)Cn1c2c(sc1=O)[C@@H](c1ccc(OC)c(OC)c1)CC(=O)N2c1cccc(OC)c1. The topological polar surface area (TPSA) is 96.3 Å². The summed E-state index contributed by atoms with van der Waals surface area (Å²) in [6.07, 6.45) is 0.123. The number of anilines is 2. The van der Waals surface area contributed by atoms with Gasteiger partial charge in [0.25, 0.3) is 0 Å². The second kappa shape index (κ2) is 9.60. The van der Waals surface area contributed by atoms with E-state index in [4.69, 9.17) is 18.9 Å². The van der Waals surface area contributed by atoms with Crippen LogP contribution in [0.5, 0.6) is 17.2 Å². The van der Waals surface area contributed by atoms with Crippen molar-refractivity contribution in [3.05, 3.63) is 62.6 Å². The lowest BCUT2D eigenvalue weighted by molar-refractivity contribution is -0.141. The Hall–Kier alpha value is -3.79. The fourth-order valence-electron chi connectivity index (χ4n) is 4.04. The summed E-state index contributed by atoms with van der Waals surface area (Å²) in [5.74, 6) is 0.774. The minimum absolute atomic E-state index is 0.123. The van der Waals surface area contributed by atoms with Gasteiger partial charge in [-0.2, -0.15) is 0 Å². The minimum Gasteiger partial charge on any atom is -0.497 e. The van der Waals surface area contributed by atoms with Crippen LogP contribution in [0.1, 0.15) is 22.8 Å². The lowest BCUT2D eigenvalue weighted by Gasteiger charge is -2.32. The number of fused-ring (bicyclic) bond motifs is 1. The standard InChI is InChI=1S/C24H24N2O7S/c1-30-16-7-5-6-15(11-16)26-20(27)12-17(14-8-9-18(31-2)19(10-14)32-3)22-23(26)25(24(29)34-22)13-21(28)33-4/h5-11,17H,12-13H2,1-4H3/t17-/m1/s1. The molecule has 4 rings (SSSR count). The van der Waals surface area contributed by atoms with Gasteiger partial charge in [-0.15, -0.1) is 0 Å². The normalized spacial score (nSPS) is 15.0. The third-order valence-corrected chi connectivity index (χ3v) is 6.77. The van der Waals surface area contributed by atoms with Crippen molar-refractivity contribution < 1.29 is 28.5 Å². The van der Waals surface area contributed by atoms with E-state index in [2.05, 4.69) is 0 Å². The van der Waals surface area contributed by atoms with Crippen LogP contribution in [-0.2, 0) is 20.9 Å². The van der Waals surface area contributed by atoms with Crippen LogP contribution in [-0.4, -0.2) is 44.9 Å². The zero-order valence-electron chi connectivity index (χ0n) is 19.2. The fraction of sp³-hybridized carbons (Fsp3) is 0.292. The Kier molecular flexibility index (Phi) is 6.60. The van der Waals surface area contributed by atoms with Crippen molar-refractivity contribution in [3.8, 4) is 17.2 Å². The number of methoxy groups -OCH3 is 4. The molecule has 178 valence electrons. The van der Waals surface area contributed by atoms with Crippen LogP contribution in [0.3, 0.4) is 0 Å². The van der Waals surface area contributed by atoms with Gasteiger partial charge < -0.3 is 18.9 Å². The highest BCUT2D eigenvalue weighted by molar-refractivity contribution is 7.10. The Morgan fingerprint density at radius 2 is 1.76 bits per heavy atom. The molecule has 2 heterocycles. The summed E-state index contributed by atoms with van der Waals surface area (Å²) in [7, 11) is 5.87. The Labute approximate surface area is 200 Å². The molecule has 1 atom stereocenters. The number of rotatable bonds is 7. The molecule has 0 bridgehead atoms. The first-order valence-electron chi connectivity index (χ1n) is 10.4. The van der Waals surface area contributed by atoms with Crippen molar-refractivity contribution in [1.29, 1.82) is 0 Å². The van der Waals surface area contributed by atoms with Crippen LogP contribution in [0.2, 0.25) is 0 Å². The Balaban J connectivity index is 1.91. The summed E-state index contributed by atoms with van der Waals surface area (Å²) < 4.78 is 22.2. The molecule has 1 amide bonds. The van der Waals surface area contributed by atoms with Gasteiger partial charge in [-0.25, -0.2) is 0 Å². The number of nitrogens with zero attached hydrogens (tertiary/aromatic N) is 2. The smallest absolute Gasteiger partial charge is 0.325 e. The Bertz CT molecular complexity index is 1300. The van der Waals surface area contributed by atoms with E-state index in [9.17, 15) is 14.4 Å². The summed E-state index contributed by atoms with van der Waals surface area (Å²) in [6, 6.07) is 12.4. The van der Waals surface area contributed by atoms with Gasteiger partial charge in [0.1, 0.15) is 18.1 Å². The maximum Gasteiger partial charge on any atom is 0.325 e. The first-order chi connectivity index (χ1) is 16.4. The van der Waals surface area contributed by atoms with E-state index in [0.717, 1.165) is 16.9 Å². The molecule has 9 nitrogen and oxygen atoms in total. The van der Waals surface area contributed by atoms with Crippen LogP contribution in [0.25, 0.3) is 0 Å². The molecular weight excluding hydrogens is 460 g/mol. The van der Waals surface area contributed by atoms with Gasteiger partial charge in [0.2, 0.25) is 5.91 Å². The first kappa shape index (κ1) is 23.4. The quantitative estimate of drug-likeness (QED) is 0.475. The molecule has 0 spiro atoms. The van der Waals surface area contributed by atoms with Crippen LogP contribution in [0, 0.1) is 0 Å². The summed E-state index contributed by atoms with van der Waals surface area (Å²) in [4.78, 5) is 40.5. The highest BCUT2D eigenvalue weighted by Crippen LogP contribution is 2.46. The van der Waals surface area contributed by atoms with Gasteiger partial charge in [-0.3, -0.25) is 23.9 Å². The number of thiazole rings is 1. The van der Waals surface area contributed by atoms with Crippen molar-refractivity contribution in [2.24, 2.45) is 0 Å². The molecule has 1 aliphatic heterocycles. The number of hydrogen-bond donors (Lipinski definition) is 0.